The molecule has 0 fully saturated rings. The van der Waals surface area contributed by atoms with E-state index < -0.39 is 11.7 Å². The van der Waals surface area contributed by atoms with Crippen LogP contribution in [0.2, 0.25) is 0 Å². The number of halogens is 1. The fourth-order valence-corrected chi connectivity index (χ4v) is 13.0. The minimum Gasteiger partial charge on any atom is -1.00 e. The lowest BCUT2D eigenvalue weighted by molar-refractivity contribution is -0.897. The number of rotatable bonds is 71. The third-order valence-electron chi connectivity index (χ3n) is 18.6. The molecule has 0 amide bonds. The first-order valence-corrected chi connectivity index (χ1v) is 38.8. The summed E-state index contributed by atoms with van der Waals surface area (Å²) < 4.78 is 14.3. The van der Waals surface area contributed by atoms with Crippen molar-refractivity contribution >= 4 is 11.9 Å². The Bertz CT molecular complexity index is 1420. The van der Waals surface area contributed by atoms with Crippen molar-refractivity contribution in [3.05, 3.63) is 24.3 Å². The van der Waals surface area contributed by atoms with Crippen molar-refractivity contribution in [3.63, 3.8) is 0 Å². The van der Waals surface area contributed by atoms with Crippen LogP contribution in [-0.4, -0.2) is 67.0 Å². The zero-order chi connectivity index (χ0) is 61.9. The number of carbonyl (C=O) groups is 2. The molecule has 0 saturated heterocycles. The number of nitrogens with zero attached hydrogens (tertiary/aromatic N) is 1. The lowest BCUT2D eigenvalue weighted by atomic mass is 9.84. The summed E-state index contributed by atoms with van der Waals surface area (Å²) in [6, 6.07) is 0. The van der Waals surface area contributed by atoms with E-state index in [0.717, 1.165) is 83.5 Å². The molecule has 0 bridgehead atoms. The van der Waals surface area contributed by atoms with Gasteiger partial charge in [-0.1, -0.05) is 347 Å². The van der Waals surface area contributed by atoms with E-state index in [1.165, 1.54) is 295 Å². The van der Waals surface area contributed by atoms with E-state index in [2.05, 4.69) is 66.1 Å². The number of hydrogen-bond donors (Lipinski definition) is 1. The van der Waals surface area contributed by atoms with Gasteiger partial charge in [-0.3, -0.25) is 9.59 Å². The summed E-state index contributed by atoms with van der Waals surface area (Å²) in [4.78, 5) is 28.6. The third-order valence-corrected chi connectivity index (χ3v) is 18.6. The Labute approximate surface area is 550 Å². The van der Waals surface area contributed by atoms with Gasteiger partial charge in [-0.15, -0.1) is 0 Å². The number of hydrogen-bond acceptors (Lipinski definition) is 5. The average molecular weight is 1280 g/mol. The van der Waals surface area contributed by atoms with Gasteiger partial charge in [0.05, 0.1) is 20.7 Å². The molecule has 0 aromatic heterocycles. The highest BCUT2D eigenvalue weighted by Crippen LogP contribution is 2.35. The van der Waals surface area contributed by atoms with Gasteiger partial charge in [-0.25, -0.2) is 0 Å². The fraction of sp³-hybridized carbons (Fsp3) is 0.924. The van der Waals surface area contributed by atoms with Gasteiger partial charge in [0.1, 0.15) is 19.2 Å². The van der Waals surface area contributed by atoms with E-state index in [9.17, 15) is 14.7 Å². The van der Waals surface area contributed by atoms with Crippen LogP contribution < -0.4 is 17.0 Å². The summed E-state index contributed by atoms with van der Waals surface area (Å²) in [5.41, 5.74) is -0.943. The van der Waals surface area contributed by atoms with Crippen LogP contribution in [0.5, 0.6) is 0 Å². The first-order valence-electron chi connectivity index (χ1n) is 38.8. The number of aliphatic hydroxyl groups excluding tert-OH is 1. The summed E-state index contributed by atoms with van der Waals surface area (Å²) in [6.07, 6.45) is 85.1. The molecule has 0 rings (SSSR count). The van der Waals surface area contributed by atoms with Crippen LogP contribution in [0.15, 0.2) is 24.3 Å². The number of carbonyl (C=O) groups excluding carboxylic acids is 2. The van der Waals surface area contributed by atoms with Gasteiger partial charge in [-0.05, 0) is 89.9 Å². The molecular formula is C79H154BrNO5. The molecule has 2 unspecified atom stereocenters. The molecule has 0 spiro atoms. The number of ether oxygens (including phenoxy) is 2. The number of esters is 2. The van der Waals surface area contributed by atoms with Gasteiger partial charge in [-0.2, -0.15) is 0 Å². The molecule has 0 aliphatic rings. The lowest BCUT2D eigenvalue weighted by Gasteiger charge is -2.44. The number of allylic oxidation sites excluding steroid dienone is 4. The molecule has 512 valence electrons. The third kappa shape index (κ3) is 61.7. The smallest absolute Gasteiger partial charge is 0.306 e. The predicted octanol–water partition coefficient (Wildman–Crippen LogP) is 22.6. The van der Waals surface area contributed by atoms with Gasteiger partial charge in [0, 0.05) is 12.8 Å². The summed E-state index contributed by atoms with van der Waals surface area (Å²) in [7, 11) is 4.32. The normalized spacial score (nSPS) is 13.0. The van der Waals surface area contributed by atoms with E-state index in [1.807, 2.05) is 0 Å². The zero-order valence-corrected chi connectivity index (χ0v) is 60.8. The van der Waals surface area contributed by atoms with Crippen molar-refractivity contribution in [3.8, 4) is 0 Å². The van der Waals surface area contributed by atoms with Crippen LogP contribution in [0.25, 0.3) is 0 Å². The number of quaternary nitrogens is 1. The van der Waals surface area contributed by atoms with Crippen LogP contribution in [0.3, 0.4) is 0 Å². The molecule has 0 aromatic rings. The zero-order valence-electron chi connectivity index (χ0n) is 59.3. The molecule has 7 heteroatoms. The molecule has 0 aromatic carbocycles. The Morgan fingerprint density at radius 3 is 0.919 bits per heavy atom. The monoisotopic (exact) mass is 1280 g/mol. The fourth-order valence-electron chi connectivity index (χ4n) is 13.0. The first kappa shape index (κ1) is 86.9. The standard InChI is InChI=1S/C79H154NO5.BrH/c1-7-11-15-19-23-27-31-35-39-43-45-49-53-57-61-65-69-76(84-77(82)70-66-62-58-54-50-46-41-37-33-29-25-21-17-13-9-3)79(75-80(5,6)73-74-81,72-68-64-60-56-52-48-44-40-36-32-28-24-20-16-12-8-2)85-78(83)71-67-63-59-55-51-47-42-38-34-30-26-22-18-14-10-4;/h37-38,41-42,76,81H,7-36,39-40,43-75H2,1-6H3;1H/q+1;/p-1/b41-37-,42-38-;. The molecular weight excluding hydrogens is 1120 g/mol. The number of likely N-dealkylation sites (N-methyl/N-ethyl adjacent to an activating group) is 1. The first-order chi connectivity index (χ1) is 41.7. The van der Waals surface area contributed by atoms with Crippen LogP contribution in [0, 0.1) is 0 Å². The Morgan fingerprint density at radius 1 is 0.360 bits per heavy atom. The molecule has 1 N–H and O–H groups in total. The van der Waals surface area contributed by atoms with E-state index in [4.69, 9.17) is 9.47 Å². The van der Waals surface area contributed by atoms with E-state index >= 15 is 0 Å². The maximum Gasteiger partial charge on any atom is 0.306 e. The number of aliphatic hydroxyl groups is 1. The highest BCUT2D eigenvalue weighted by atomic mass is 79.9. The summed E-state index contributed by atoms with van der Waals surface area (Å²) in [5, 5.41) is 10.4. The van der Waals surface area contributed by atoms with Gasteiger partial charge >= 0.3 is 11.9 Å². The minimum atomic E-state index is -0.943. The van der Waals surface area contributed by atoms with E-state index in [1.54, 1.807) is 0 Å². The van der Waals surface area contributed by atoms with Crippen molar-refractivity contribution in [1.29, 1.82) is 0 Å². The molecule has 0 heterocycles. The molecule has 0 aliphatic carbocycles. The number of unbranched alkanes of at least 4 members (excludes halogenated alkanes) is 52. The van der Waals surface area contributed by atoms with Crippen LogP contribution in [-0.2, 0) is 19.1 Å². The second kappa shape index (κ2) is 69.7. The topological polar surface area (TPSA) is 72.8 Å². The largest absolute Gasteiger partial charge is 1.00 e. The van der Waals surface area contributed by atoms with Crippen LogP contribution in [0.4, 0.5) is 0 Å². The molecule has 6 nitrogen and oxygen atoms in total. The van der Waals surface area contributed by atoms with Gasteiger partial charge in [0.15, 0.2) is 5.60 Å². The van der Waals surface area contributed by atoms with Gasteiger partial charge < -0.3 is 36.0 Å². The minimum absolute atomic E-state index is 0. The van der Waals surface area contributed by atoms with Crippen LogP contribution in [0.1, 0.15) is 426 Å². The second-order valence-corrected chi connectivity index (χ2v) is 27.9. The lowest BCUT2D eigenvalue weighted by Crippen LogP contribution is -3.00. The van der Waals surface area contributed by atoms with Crippen molar-refractivity contribution in [2.45, 2.75) is 437 Å². The molecule has 86 heavy (non-hydrogen) atoms. The summed E-state index contributed by atoms with van der Waals surface area (Å²) in [6.45, 7) is 10.3. The van der Waals surface area contributed by atoms with E-state index in [0.29, 0.717) is 36.8 Å². The SMILES string of the molecule is CCCCCCCC/C=C\CCCCCCCC(=O)OC(CCCCCCCCCCCCCCCCCC)C(CCCCCCCCCCCCCCCCCC)(C[N+](C)(C)CCO)OC(=O)CCCCCCC/C=C\CCCCCCCC.[Br-]. The molecule has 0 radical (unpaired) electrons. The maximum absolute atomic E-state index is 14.4. The maximum atomic E-state index is 14.4. The Kier molecular flexibility index (Phi) is 70.4. The van der Waals surface area contributed by atoms with Gasteiger partial charge in [0.2, 0.25) is 0 Å². The van der Waals surface area contributed by atoms with Crippen molar-refractivity contribution in [2.75, 3.05) is 33.8 Å². The van der Waals surface area contributed by atoms with Crippen molar-refractivity contribution in [1.82, 2.24) is 0 Å². The summed E-state index contributed by atoms with van der Waals surface area (Å²) in [5.74, 6) is -0.264. The average Bonchev–Trinajstić information content (AvgIpc) is 1.65. The Morgan fingerprint density at radius 2 is 0.616 bits per heavy atom. The predicted molar refractivity (Wildman–Crippen MR) is 375 cm³/mol. The summed E-state index contributed by atoms with van der Waals surface area (Å²) >= 11 is 0. The second-order valence-electron chi connectivity index (χ2n) is 27.9. The van der Waals surface area contributed by atoms with Gasteiger partial charge in [0.25, 0.3) is 0 Å². The quantitative estimate of drug-likeness (QED) is 0.0284. The Hall–Kier alpha value is -1.18. The highest BCUT2D eigenvalue weighted by Gasteiger charge is 2.49. The molecule has 0 saturated carbocycles. The van der Waals surface area contributed by atoms with Crippen LogP contribution >= 0.6 is 0 Å². The van der Waals surface area contributed by atoms with Crippen molar-refractivity contribution < 1.29 is 45.6 Å². The van der Waals surface area contributed by atoms with E-state index in [-0.39, 0.29) is 35.5 Å². The highest BCUT2D eigenvalue weighted by molar-refractivity contribution is 5.71. The molecule has 2 atom stereocenters. The molecule has 0 aliphatic heterocycles. The Balaban J connectivity index is 0. The van der Waals surface area contributed by atoms with Crippen molar-refractivity contribution in [2.24, 2.45) is 0 Å².